The smallest absolute Gasteiger partial charge is 0.339 e. The fraction of sp³-hybridized carbons (Fsp3) is 0.385. The first-order valence-corrected chi connectivity index (χ1v) is 28.2. The predicted molar refractivity (Wildman–Crippen MR) is 323 cm³/mol. The first-order valence-electron chi connectivity index (χ1n) is 28.2. The summed E-state index contributed by atoms with van der Waals surface area (Å²) in [5.74, 6) is -6.86. The maximum Gasteiger partial charge on any atom is 0.339 e. The van der Waals surface area contributed by atoms with Gasteiger partial charge in [0.05, 0.1) is 148 Å². The highest BCUT2D eigenvalue weighted by Crippen LogP contribution is 2.58. The molecule has 28 nitrogen and oxygen atoms in total. The van der Waals surface area contributed by atoms with Gasteiger partial charge < -0.3 is 115 Å². The zero-order valence-corrected chi connectivity index (χ0v) is 53.6. The molecule has 6 aromatic carbocycles. The molecule has 0 amide bonds. The van der Waals surface area contributed by atoms with E-state index in [-0.39, 0.29) is 137 Å². The van der Waals surface area contributed by atoms with E-state index in [1.54, 1.807) is 18.2 Å². The highest BCUT2D eigenvalue weighted by molar-refractivity contribution is 6.10. The van der Waals surface area contributed by atoms with Crippen LogP contribution in [0, 0.1) is 0 Å². The van der Waals surface area contributed by atoms with E-state index < -0.39 is 89.9 Å². The minimum Gasteiger partial charge on any atom is -0.496 e. The molecule has 0 saturated carbocycles. The van der Waals surface area contributed by atoms with Gasteiger partial charge in [-0.1, -0.05) is 6.07 Å². The Labute approximate surface area is 533 Å². The van der Waals surface area contributed by atoms with Gasteiger partial charge in [-0.25, -0.2) is 19.2 Å². The molecule has 28 heteroatoms. The quantitative estimate of drug-likeness (QED) is 0.0525. The lowest BCUT2D eigenvalue weighted by Gasteiger charge is -2.39. The summed E-state index contributed by atoms with van der Waals surface area (Å²) in [6, 6.07) is 10.9. The van der Waals surface area contributed by atoms with Gasteiger partial charge in [0, 0.05) is 40.3 Å². The third kappa shape index (κ3) is 11.6. The first-order chi connectivity index (χ1) is 44.8. The van der Waals surface area contributed by atoms with Gasteiger partial charge in [0.2, 0.25) is 23.0 Å². The number of aliphatic hydroxyl groups excluding tert-OH is 3. The molecule has 0 bridgehead atoms. The maximum atomic E-state index is 16.1. The van der Waals surface area contributed by atoms with E-state index in [1.165, 1.54) is 144 Å². The van der Waals surface area contributed by atoms with E-state index in [1.807, 2.05) is 0 Å². The van der Waals surface area contributed by atoms with Crippen molar-refractivity contribution in [3.63, 3.8) is 0 Å². The molecule has 0 spiro atoms. The van der Waals surface area contributed by atoms with Gasteiger partial charge in [0.1, 0.15) is 42.2 Å². The van der Waals surface area contributed by atoms with Gasteiger partial charge >= 0.3 is 23.9 Å². The van der Waals surface area contributed by atoms with E-state index in [9.17, 15) is 15.3 Å². The lowest BCUT2D eigenvalue weighted by molar-refractivity contribution is -0.151. The molecule has 0 aliphatic carbocycles. The molecule has 3 heterocycles. The fourth-order valence-electron chi connectivity index (χ4n) is 11.8. The summed E-state index contributed by atoms with van der Waals surface area (Å²) in [5, 5.41) is 38.7. The molecule has 498 valence electrons. The van der Waals surface area contributed by atoms with Crippen molar-refractivity contribution < 1.29 is 134 Å². The van der Waals surface area contributed by atoms with E-state index in [0.717, 1.165) is 0 Å². The zero-order valence-electron chi connectivity index (χ0n) is 53.6. The number of methoxy groups -OCH3 is 16. The number of esters is 4. The second-order valence-electron chi connectivity index (χ2n) is 20.4. The van der Waals surface area contributed by atoms with Crippen LogP contribution < -0.4 is 80.5 Å². The van der Waals surface area contributed by atoms with Crippen molar-refractivity contribution >= 4 is 23.9 Å². The van der Waals surface area contributed by atoms with Crippen LogP contribution in [-0.2, 0) is 25.4 Å². The van der Waals surface area contributed by atoms with Gasteiger partial charge in [0.25, 0.3) is 0 Å². The number of fused-ring (bicyclic) bond motifs is 7. The molecule has 9 rings (SSSR count). The molecule has 3 aliphatic heterocycles. The number of ether oxygens (including phenoxy) is 21. The molecule has 3 aliphatic rings. The van der Waals surface area contributed by atoms with Gasteiger partial charge in [0.15, 0.2) is 75.8 Å². The van der Waals surface area contributed by atoms with Crippen LogP contribution in [0.25, 0.3) is 22.3 Å². The molecule has 0 fully saturated rings. The van der Waals surface area contributed by atoms with Crippen molar-refractivity contribution in [3.8, 4) is 120 Å². The molecule has 0 unspecified atom stereocenters. The number of rotatable bonds is 20. The van der Waals surface area contributed by atoms with Crippen LogP contribution in [0.1, 0.15) is 70.3 Å². The maximum absolute atomic E-state index is 16.1. The van der Waals surface area contributed by atoms with Crippen molar-refractivity contribution in [2.24, 2.45) is 0 Å². The van der Waals surface area contributed by atoms with Crippen molar-refractivity contribution in [1.82, 2.24) is 0 Å². The standard InChI is InChI=1S/C65H70O28/c1-73-35-18-17-27(19-37(35)75-3)49-33(66)20-28-36(74-2)25-38(76-4)47(50(28)90-49)48(68)60-61(93-65(72)32-24-42(80-8)55(84-12)59(88-16)46(32)45-31(64(71)92-60)23-41(79-7)54(83-11)58(45)87-15)51-34(67)26-89-62(69)29-21-39(77-5)52(81-9)56(85-13)43(29)44-30(63(70)91-51)22-40(78-6)53(82-10)57(44)86-14/h17-19,21-25,33-34,48-49,51,60-61,66-68H,20,26H2,1-16H3/t33-,34-,48+,49-,51-,60+,61+/m1/s1. The number of aliphatic hydroxyl groups is 3. The van der Waals surface area contributed by atoms with Crippen molar-refractivity contribution in [2.75, 3.05) is 120 Å². The zero-order chi connectivity index (χ0) is 67.4. The summed E-state index contributed by atoms with van der Waals surface area (Å²) in [4.78, 5) is 63.2. The largest absolute Gasteiger partial charge is 0.496 e. The Morgan fingerprint density at radius 2 is 0.753 bits per heavy atom. The van der Waals surface area contributed by atoms with E-state index in [0.29, 0.717) is 11.3 Å². The molecular weight excluding hydrogens is 1230 g/mol. The average molecular weight is 1300 g/mol. The third-order valence-corrected chi connectivity index (χ3v) is 16.0. The minimum absolute atomic E-state index is 0.0555. The van der Waals surface area contributed by atoms with E-state index >= 15 is 19.2 Å². The summed E-state index contributed by atoms with van der Waals surface area (Å²) in [7, 11) is 20.6. The summed E-state index contributed by atoms with van der Waals surface area (Å²) in [5.41, 5.74) is -2.67. The van der Waals surface area contributed by atoms with Crippen LogP contribution >= 0.6 is 0 Å². The van der Waals surface area contributed by atoms with Crippen LogP contribution in [0.5, 0.6) is 97.7 Å². The van der Waals surface area contributed by atoms with E-state index in [2.05, 4.69) is 0 Å². The summed E-state index contributed by atoms with van der Waals surface area (Å²) in [6.07, 6.45) is -15.0. The Bertz CT molecular complexity index is 3860. The Balaban J connectivity index is 1.39. The van der Waals surface area contributed by atoms with Crippen LogP contribution in [-0.4, -0.2) is 190 Å². The molecule has 7 atom stereocenters. The van der Waals surface area contributed by atoms with Crippen molar-refractivity contribution in [3.05, 3.63) is 87.5 Å². The highest BCUT2D eigenvalue weighted by Gasteiger charge is 2.52. The average Bonchev–Trinajstić information content (AvgIpc) is 1.18. The van der Waals surface area contributed by atoms with Gasteiger partial charge in [-0.05, 0) is 42.0 Å². The van der Waals surface area contributed by atoms with E-state index in [4.69, 9.17) is 99.5 Å². The summed E-state index contributed by atoms with van der Waals surface area (Å²) in [6.45, 7) is -1.13. The first kappa shape index (κ1) is 67.1. The van der Waals surface area contributed by atoms with Gasteiger partial charge in [-0.3, -0.25) is 0 Å². The fourth-order valence-corrected chi connectivity index (χ4v) is 11.8. The second-order valence-corrected chi connectivity index (χ2v) is 20.4. The Morgan fingerprint density at radius 3 is 1.14 bits per heavy atom. The van der Waals surface area contributed by atoms with Crippen LogP contribution in [0.15, 0.2) is 48.5 Å². The Morgan fingerprint density at radius 1 is 0.376 bits per heavy atom. The number of carbonyl (C=O) groups excluding carboxylic acids is 4. The normalized spacial score (nSPS) is 18.7. The molecule has 0 radical (unpaired) electrons. The van der Waals surface area contributed by atoms with Crippen LogP contribution in [0.3, 0.4) is 0 Å². The van der Waals surface area contributed by atoms with Crippen molar-refractivity contribution in [2.45, 2.75) is 49.1 Å². The lowest BCUT2D eigenvalue weighted by Crippen LogP contribution is -2.54. The molecular formula is C65H70O28. The monoisotopic (exact) mass is 1300 g/mol. The summed E-state index contributed by atoms with van der Waals surface area (Å²) < 4.78 is 125. The lowest BCUT2D eigenvalue weighted by atomic mass is 9.87. The van der Waals surface area contributed by atoms with Gasteiger partial charge in [-0.15, -0.1) is 0 Å². The third-order valence-electron chi connectivity index (χ3n) is 16.0. The summed E-state index contributed by atoms with van der Waals surface area (Å²) >= 11 is 0. The predicted octanol–water partition coefficient (Wildman–Crippen LogP) is 6.75. The number of hydrogen-bond acceptors (Lipinski definition) is 28. The topological polar surface area (TPSA) is 323 Å². The van der Waals surface area contributed by atoms with Crippen LogP contribution in [0.4, 0.5) is 0 Å². The number of cyclic esters (lactones) is 4. The van der Waals surface area contributed by atoms with Gasteiger partial charge in [-0.2, -0.15) is 0 Å². The molecule has 3 N–H and O–H groups in total. The molecule has 93 heavy (non-hydrogen) atoms. The number of carbonyl (C=O) groups is 4. The second kappa shape index (κ2) is 28.0. The molecule has 0 saturated heterocycles. The Kier molecular flexibility index (Phi) is 20.2. The molecule has 0 aromatic heterocycles. The van der Waals surface area contributed by atoms with Crippen LogP contribution in [0.2, 0.25) is 0 Å². The Hall–Kier alpha value is -10.3. The minimum atomic E-state index is -2.49. The number of benzene rings is 6. The van der Waals surface area contributed by atoms with Crippen molar-refractivity contribution in [1.29, 1.82) is 0 Å². The number of hydrogen-bond donors (Lipinski definition) is 3. The SMILES string of the molecule is COc1ccc([C@H]2Oc3c(c(OC)cc(OC)c3[C@H](O)[C@@H]3OC(=O)c4cc(OC)c(OC)c(OC)c4-c4c(cc(OC)c(OC)c4OC)C(=O)O[C@H]3[C@@H]3OC(=O)c4cc(OC)c(OC)c(OC)c4-c4c(cc(OC)c(OC)c4OC)C(=O)OC[C@H]3O)C[C@H]2O)cc1OC. The highest BCUT2D eigenvalue weighted by atomic mass is 16.6. The molecule has 6 aromatic rings.